The molecule has 318 valence electrons. The first-order valence-corrected chi connectivity index (χ1v) is 22.1. The Balaban J connectivity index is 1.13. The largest absolute Gasteiger partial charge is 0.464 e. The molecule has 5 fully saturated rings. The van der Waals surface area contributed by atoms with Crippen molar-refractivity contribution in [2.75, 3.05) is 0 Å². The Kier molecular flexibility index (Phi) is 10.4. The summed E-state index contributed by atoms with van der Waals surface area (Å²) in [6.07, 6.45) is 7.68. The Bertz CT molecular complexity index is 1910. The van der Waals surface area contributed by atoms with E-state index >= 15 is 0 Å². The minimum atomic E-state index is -1.05. The molecule has 6 aliphatic carbocycles. The van der Waals surface area contributed by atoms with Gasteiger partial charge in [0.05, 0.1) is 16.9 Å². The summed E-state index contributed by atoms with van der Waals surface area (Å²) in [6.45, 7) is 24.4. The van der Waals surface area contributed by atoms with Gasteiger partial charge in [0.2, 0.25) is 5.91 Å². The molecule has 1 amide bonds. The maximum Gasteiger partial charge on any atom is 0.310 e. The standard InChI is InChI=1S/C49H68FNO7/c1-28(2)39-34(54)26-49(51-42(56)43(3,4)25-33(53)29-12-14-30(50)15-13-29)23-22-47(10)31(40(39)49)16-17-36-46(9)20-19-37(45(7,8)35(46)18-21-48(36,47)11)58-41(55)32-24-38(57-27-52)44(32,5)6/h12-15,27-28,31-32,35-38H,16-26H2,1-11H3,(H,51,56)/t31-,32-,35+,36-,37+,38-,46+,47-,48-,49-/m1/s1. The van der Waals surface area contributed by atoms with E-state index in [1.165, 1.54) is 24.3 Å². The first kappa shape index (κ1) is 42.8. The van der Waals surface area contributed by atoms with E-state index in [0.717, 1.165) is 56.1 Å². The molecule has 0 bridgehead atoms. The number of hydrogen-bond donors (Lipinski definition) is 1. The highest BCUT2D eigenvalue weighted by atomic mass is 19.1. The quantitative estimate of drug-likeness (QED) is 0.142. The number of fused-ring (bicyclic) bond motifs is 7. The molecular weight excluding hydrogens is 734 g/mol. The third kappa shape index (κ3) is 6.27. The van der Waals surface area contributed by atoms with Crippen LogP contribution in [0.3, 0.4) is 0 Å². The van der Waals surface area contributed by atoms with E-state index in [0.29, 0.717) is 36.7 Å². The van der Waals surface area contributed by atoms with Crippen LogP contribution in [0.25, 0.3) is 0 Å². The fraction of sp³-hybridized carbons (Fsp3) is 0.735. The molecule has 9 heteroatoms. The topological polar surface area (TPSA) is 116 Å². The van der Waals surface area contributed by atoms with Crippen LogP contribution in [0.5, 0.6) is 0 Å². The monoisotopic (exact) mass is 801 g/mol. The number of amides is 1. The van der Waals surface area contributed by atoms with Gasteiger partial charge in [-0.1, -0.05) is 76.2 Å². The second-order valence-electron chi connectivity index (χ2n) is 22.3. The molecule has 0 heterocycles. The van der Waals surface area contributed by atoms with Crippen LogP contribution in [0.4, 0.5) is 4.39 Å². The van der Waals surface area contributed by atoms with E-state index in [2.05, 4.69) is 53.8 Å². The maximum atomic E-state index is 14.4. The lowest BCUT2D eigenvalue weighted by atomic mass is 9.33. The molecule has 0 radical (unpaired) electrons. The van der Waals surface area contributed by atoms with Crippen LogP contribution >= 0.6 is 0 Å². The zero-order valence-electron chi connectivity index (χ0n) is 36.9. The molecule has 1 aromatic carbocycles. The van der Waals surface area contributed by atoms with Crippen molar-refractivity contribution in [2.24, 2.45) is 62.1 Å². The molecule has 0 spiro atoms. The van der Waals surface area contributed by atoms with Gasteiger partial charge in [-0.15, -0.1) is 0 Å². The molecule has 0 aromatic heterocycles. The summed E-state index contributed by atoms with van der Waals surface area (Å²) in [5.41, 5.74) is -0.174. The number of nitrogens with one attached hydrogen (secondary N) is 1. The summed E-state index contributed by atoms with van der Waals surface area (Å²) >= 11 is 0. The van der Waals surface area contributed by atoms with Gasteiger partial charge in [0, 0.05) is 29.2 Å². The smallest absolute Gasteiger partial charge is 0.310 e. The lowest BCUT2D eigenvalue weighted by Gasteiger charge is -2.72. The summed E-state index contributed by atoms with van der Waals surface area (Å²) in [5, 5.41) is 3.47. The van der Waals surface area contributed by atoms with Crippen LogP contribution in [0.1, 0.15) is 157 Å². The molecule has 0 saturated heterocycles. The van der Waals surface area contributed by atoms with Crippen molar-refractivity contribution < 1.29 is 37.8 Å². The van der Waals surface area contributed by atoms with Gasteiger partial charge in [-0.3, -0.25) is 24.0 Å². The van der Waals surface area contributed by atoms with Gasteiger partial charge >= 0.3 is 5.97 Å². The van der Waals surface area contributed by atoms with Crippen LogP contribution in [0.2, 0.25) is 0 Å². The van der Waals surface area contributed by atoms with E-state index in [4.69, 9.17) is 9.47 Å². The Morgan fingerprint density at radius 3 is 2.16 bits per heavy atom. The minimum Gasteiger partial charge on any atom is -0.464 e. The zero-order chi connectivity index (χ0) is 42.6. The SMILES string of the molecule is CC(C)C1=C2[C@H]3CC[C@@H]4[C@@]5(C)CC[C@H](OC(=O)[C@H]6C[C@@H](OC=O)C6(C)C)C(C)(C)[C@@H]5CC[C@@]4(C)[C@]3(C)CC[C@@]2(NC(=O)C(C)(C)CC(=O)c2ccc(F)cc2)CC1=O. The number of Topliss-reactive ketones (excluding diaryl/α,β-unsaturated/α-hetero) is 2. The lowest BCUT2D eigenvalue weighted by Crippen LogP contribution is -2.67. The number of allylic oxidation sites excluding steroid dienone is 1. The Morgan fingerprint density at radius 2 is 1.53 bits per heavy atom. The van der Waals surface area contributed by atoms with E-state index in [9.17, 15) is 28.4 Å². The van der Waals surface area contributed by atoms with E-state index in [1.54, 1.807) is 13.8 Å². The van der Waals surface area contributed by atoms with Gasteiger partial charge in [0.1, 0.15) is 18.0 Å². The molecule has 5 saturated carbocycles. The second-order valence-corrected chi connectivity index (χ2v) is 22.3. The fourth-order valence-corrected chi connectivity index (χ4v) is 14.4. The van der Waals surface area contributed by atoms with Crippen LogP contribution in [0, 0.1) is 67.9 Å². The van der Waals surface area contributed by atoms with Gasteiger partial charge in [-0.05, 0) is 133 Å². The molecule has 6 aliphatic rings. The number of halogens is 1. The van der Waals surface area contributed by atoms with Gasteiger partial charge in [0.25, 0.3) is 6.47 Å². The average molecular weight is 802 g/mol. The number of carbonyl (C=O) groups is 5. The zero-order valence-corrected chi connectivity index (χ0v) is 36.9. The summed E-state index contributed by atoms with van der Waals surface area (Å²) in [5.74, 6) is -0.242. The summed E-state index contributed by atoms with van der Waals surface area (Å²) in [6, 6.07) is 5.45. The molecule has 7 rings (SSSR count). The Labute approximate surface area is 345 Å². The van der Waals surface area contributed by atoms with Crippen molar-refractivity contribution in [3.63, 3.8) is 0 Å². The molecule has 8 nitrogen and oxygen atoms in total. The van der Waals surface area contributed by atoms with Gasteiger partial charge in [-0.25, -0.2) is 4.39 Å². The number of benzene rings is 1. The summed E-state index contributed by atoms with van der Waals surface area (Å²) in [7, 11) is 0. The first-order chi connectivity index (χ1) is 26.9. The fourth-order valence-electron chi connectivity index (χ4n) is 14.4. The van der Waals surface area contributed by atoms with Crippen molar-refractivity contribution in [1.82, 2.24) is 5.32 Å². The molecule has 0 unspecified atom stereocenters. The van der Waals surface area contributed by atoms with Crippen molar-refractivity contribution in [3.8, 4) is 0 Å². The van der Waals surface area contributed by atoms with E-state index in [1.807, 2.05) is 13.8 Å². The molecule has 58 heavy (non-hydrogen) atoms. The highest BCUT2D eigenvalue weighted by Gasteiger charge is 2.70. The molecule has 10 atom stereocenters. The number of rotatable bonds is 10. The number of ketones is 2. The Morgan fingerprint density at radius 1 is 0.862 bits per heavy atom. The maximum absolute atomic E-state index is 14.4. The number of hydrogen-bond acceptors (Lipinski definition) is 7. The second kappa shape index (κ2) is 14.1. The summed E-state index contributed by atoms with van der Waals surface area (Å²) < 4.78 is 25.3. The molecular formula is C49H68FNO7. The van der Waals surface area contributed by atoms with Crippen LogP contribution < -0.4 is 5.32 Å². The van der Waals surface area contributed by atoms with E-state index < -0.39 is 22.2 Å². The Hall–Kier alpha value is -3.36. The van der Waals surface area contributed by atoms with Crippen molar-refractivity contribution >= 4 is 29.9 Å². The van der Waals surface area contributed by atoms with Gasteiger partial charge in [-0.2, -0.15) is 0 Å². The van der Waals surface area contributed by atoms with Crippen LogP contribution in [-0.4, -0.2) is 47.7 Å². The molecule has 1 N–H and O–H groups in total. The number of carbonyl (C=O) groups excluding carboxylic acids is 5. The molecule has 0 aliphatic heterocycles. The van der Waals surface area contributed by atoms with E-state index in [-0.39, 0.29) is 87.9 Å². The summed E-state index contributed by atoms with van der Waals surface area (Å²) in [4.78, 5) is 66.6. The predicted molar refractivity (Wildman–Crippen MR) is 220 cm³/mol. The molecule has 1 aromatic rings. The third-order valence-corrected chi connectivity index (χ3v) is 18.0. The number of esters is 1. The predicted octanol–water partition coefficient (Wildman–Crippen LogP) is 9.77. The van der Waals surface area contributed by atoms with Crippen molar-refractivity contribution in [1.29, 1.82) is 0 Å². The van der Waals surface area contributed by atoms with Gasteiger partial charge in [0.15, 0.2) is 11.6 Å². The number of ether oxygens (including phenoxy) is 2. The van der Waals surface area contributed by atoms with Crippen LogP contribution in [-0.2, 0) is 28.7 Å². The van der Waals surface area contributed by atoms with Crippen molar-refractivity contribution in [3.05, 3.63) is 46.8 Å². The van der Waals surface area contributed by atoms with Gasteiger partial charge < -0.3 is 14.8 Å². The third-order valence-electron chi connectivity index (χ3n) is 18.0. The highest BCUT2D eigenvalue weighted by Crippen LogP contribution is 2.76. The highest BCUT2D eigenvalue weighted by molar-refractivity contribution is 6.03. The van der Waals surface area contributed by atoms with Crippen molar-refractivity contribution in [2.45, 2.75) is 165 Å². The first-order valence-electron chi connectivity index (χ1n) is 22.1. The normalized spacial score (nSPS) is 38.7. The minimum absolute atomic E-state index is 0.0119. The van der Waals surface area contributed by atoms with Crippen LogP contribution in [0.15, 0.2) is 35.4 Å². The lowest BCUT2D eigenvalue weighted by molar-refractivity contribution is -0.236. The average Bonchev–Trinajstić information content (AvgIpc) is 3.43.